The first kappa shape index (κ1) is 12.1. The van der Waals surface area contributed by atoms with E-state index in [-0.39, 0.29) is 18.4 Å². The molecule has 1 atom stereocenters. The summed E-state index contributed by atoms with van der Waals surface area (Å²) < 4.78 is 4.70. The van der Waals surface area contributed by atoms with Gasteiger partial charge in [0.15, 0.2) is 5.78 Å². The quantitative estimate of drug-likeness (QED) is 0.601. The van der Waals surface area contributed by atoms with Gasteiger partial charge in [-0.1, -0.05) is 0 Å². The van der Waals surface area contributed by atoms with Crippen molar-refractivity contribution in [3.05, 3.63) is 0 Å². The van der Waals surface area contributed by atoms with E-state index in [1.54, 1.807) is 0 Å². The summed E-state index contributed by atoms with van der Waals surface area (Å²) in [4.78, 5) is 13.0. The summed E-state index contributed by atoms with van der Waals surface area (Å²) >= 11 is 0. The van der Waals surface area contributed by atoms with Crippen LogP contribution in [0.3, 0.4) is 0 Å². The number of hydrogen-bond acceptors (Lipinski definition) is 4. The van der Waals surface area contributed by atoms with Crippen molar-refractivity contribution in [2.24, 2.45) is 0 Å². The number of hydrogen-bond donors (Lipinski definition) is 0. The van der Waals surface area contributed by atoms with Crippen LogP contribution in [0.5, 0.6) is 0 Å². The summed E-state index contributed by atoms with van der Waals surface area (Å²) in [5, 5.41) is 8.44. The lowest BCUT2D eigenvalue weighted by molar-refractivity contribution is -0.123. The minimum absolute atomic E-state index is 0.0368. The molecule has 0 saturated heterocycles. The zero-order valence-electron chi connectivity index (χ0n) is 8.41. The van der Waals surface area contributed by atoms with Crippen molar-refractivity contribution in [1.29, 1.82) is 5.26 Å². The highest BCUT2D eigenvalue weighted by molar-refractivity contribution is 5.81. The zero-order valence-corrected chi connectivity index (χ0v) is 8.41. The molecule has 0 saturated carbocycles. The Kier molecular flexibility index (Phi) is 6.11. The van der Waals surface area contributed by atoms with Gasteiger partial charge < -0.3 is 4.74 Å². The predicted octanol–water partition coefficient (Wildman–Crippen LogP) is 0.436. The number of ether oxygens (including phenoxy) is 1. The number of nitrogens with zero attached hydrogens (tertiary/aromatic N) is 2. The van der Waals surface area contributed by atoms with Gasteiger partial charge in [0, 0.05) is 13.2 Å². The molecule has 13 heavy (non-hydrogen) atoms. The lowest BCUT2D eigenvalue weighted by Crippen LogP contribution is -2.34. The number of ketones is 1. The van der Waals surface area contributed by atoms with Crippen LogP contribution in [0, 0.1) is 11.3 Å². The molecule has 0 bridgehead atoms. The van der Waals surface area contributed by atoms with E-state index < -0.39 is 0 Å². The first-order chi connectivity index (χ1) is 6.11. The number of Topliss-reactive ketones (excluding diaryl/α,β-unsaturated/α-hetero) is 1. The molecule has 1 unspecified atom stereocenters. The molecule has 0 N–H and O–H groups in total. The molecule has 0 rings (SSSR count). The molecule has 0 aromatic carbocycles. The molecule has 74 valence electrons. The highest BCUT2D eigenvalue weighted by atomic mass is 16.5. The maximum absolute atomic E-state index is 11.1. The zero-order chi connectivity index (χ0) is 10.3. The van der Waals surface area contributed by atoms with Gasteiger partial charge in [0.1, 0.15) is 6.61 Å². The minimum Gasteiger partial charge on any atom is -0.377 e. The van der Waals surface area contributed by atoms with Crippen molar-refractivity contribution in [3.63, 3.8) is 0 Å². The van der Waals surface area contributed by atoms with E-state index >= 15 is 0 Å². The van der Waals surface area contributed by atoms with Crippen LogP contribution in [-0.2, 0) is 9.53 Å². The lowest BCUT2D eigenvalue weighted by Gasteiger charge is -2.21. The average molecular weight is 184 g/mol. The minimum atomic E-state index is 0.0368. The van der Waals surface area contributed by atoms with Crippen LogP contribution < -0.4 is 0 Å². The number of rotatable bonds is 6. The van der Waals surface area contributed by atoms with E-state index in [1.165, 1.54) is 7.11 Å². The molecular formula is C9H16N2O2. The van der Waals surface area contributed by atoms with Crippen molar-refractivity contribution in [2.45, 2.75) is 19.4 Å². The Bertz CT molecular complexity index is 198. The van der Waals surface area contributed by atoms with E-state index in [0.717, 1.165) is 0 Å². The van der Waals surface area contributed by atoms with Gasteiger partial charge in [-0.3, -0.25) is 9.69 Å². The van der Waals surface area contributed by atoms with Crippen LogP contribution in [0.1, 0.15) is 13.3 Å². The predicted molar refractivity (Wildman–Crippen MR) is 49.2 cm³/mol. The molecule has 0 aromatic rings. The fourth-order valence-electron chi connectivity index (χ4n) is 0.929. The van der Waals surface area contributed by atoms with Crippen LogP contribution in [-0.4, -0.2) is 44.0 Å². The largest absolute Gasteiger partial charge is 0.377 e. The Morgan fingerprint density at radius 1 is 1.69 bits per heavy atom. The lowest BCUT2D eigenvalue weighted by atomic mass is 10.2. The number of carbonyl (C=O) groups excluding carboxylic acids is 1. The third kappa shape index (κ3) is 5.34. The first-order valence-corrected chi connectivity index (χ1v) is 4.19. The maximum atomic E-state index is 11.1. The van der Waals surface area contributed by atoms with Gasteiger partial charge in [0.2, 0.25) is 0 Å². The molecular weight excluding hydrogens is 168 g/mol. The highest BCUT2D eigenvalue weighted by Crippen LogP contribution is 1.99. The molecule has 4 nitrogen and oxygen atoms in total. The smallest absolute Gasteiger partial charge is 0.172 e. The Morgan fingerprint density at radius 3 is 2.77 bits per heavy atom. The monoisotopic (exact) mass is 184 g/mol. The van der Waals surface area contributed by atoms with Crippen LogP contribution in [0.15, 0.2) is 0 Å². The van der Waals surface area contributed by atoms with Crippen LogP contribution >= 0.6 is 0 Å². The Labute approximate surface area is 79.1 Å². The molecule has 0 aliphatic carbocycles. The number of carbonyl (C=O) groups is 1. The molecule has 0 aliphatic rings. The number of methoxy groups -OCH3 is 1. The van der Waals surface area contributed by atoms with Crippen molar-refractivity contribution < 1.29 is 9.53 Å². The van der Waals surface area contributed by atoms with Gasteiger partial charge in [0.25, 0.3) is 0 Å². The molecule has 0 aliphatic heterocycles. The molecule has 0 fully saturated rings. The van der Waals surface area contributed by atoms with Gasteiger partial charge in [0.05, 0.1) is 19.0 Å². The molecule has 0 heterocycles. The fourth-order valence-corrected chi connectivity index (χ4v) is 0.929. The topological polar surface area (TPSA) is 53.3 Å². The molecule has 0 amide bonds. The summed E-state index contributed by atoms with van der Waals surface area (Å²) in [6.07, 6.45) is 0.441. The third-order valence-electron chi connectivity index (χ3n) is 1.87. The SMILES string of the molecule is COCC(=O)CN(C)C(C)CC#N. The van der Waals surface area contributed by atoms with Crippen LogP contribution in [0.25, 0.3) is 0 Å². The molecule has 0 aromatic heterocycles. The highest BCUT2D eigenvalue weighted by Gasteiger charge is 2.11. The maximum Gasteiger partial charge on any atom is 0.172 e. The van der Waals surface area contributed by atoms with Crippen molar-refractivity contribution in [3.8, 4) is 6.07 Å². The summed E-state index contributed by atoms with van der Waals surface area (Å²) in [6, 6.07) is 2.19. The van der Waals surface area contributed by atoms with Crippen molar-refractivity contribution in [2.75, 3.05) is 27.3 Å². The first-order valence-electron chi connectivity index (χ1n) is 4.19. The van der Waals surface area contributed by atoms with E-state index in [4.69, 9.17) is 10.00 Å². The standard InChI is InChI=1S/C9H16N2O2/c1-8(4-5-10)11(2)6-9(12)7-13-3/h8H,4,6-7H2,1-3H3. The summed E-state index contributed by atoms with van der Waals surface area (Å²) in [5.41, 5.74) is 0. The second-order valence-electron chi connectivity index (χ2n) is 3.10. The van der Waals surface area contributed by atoms with E-state index in [9.17, 15) is 4.79 Å². The Hall–Kier alpha value is -0.920. The summed E-state index contributed by atoms with van der Waals surface area (Å²) in [7, 11) is 3.33. The second kappa shape index (κ2) is 6.58. The molecule has 4 heteroatoms. The molecule has 0 spiro atoms. The second-order valence-corrected chi connectivity index (χ2v) is 3.10. The van der Waals surface area contributed by atoms with E-state index in [2.05, 4.69) is 6.07 Å². The Morgan fingerprint density at radius 2 is 2.31 bits per heavy atom. The number of nitriles is 1. The Balaban J connectivity index is 3.79. The van der Waals surface area contributed by atoms with E-state index in [0.29, 0.717) is 13.0 Å². The van der Waals surface area contributed by atoms with Crippen LogP contribution in [0.2, 0.25) is 0 Å². The fraction of sp³-hybridized carbons (Fsp3) is 0.778. The van der Waals surface area contributed by atoms with Crippen LogP contribution in [0.4, 0.5) is 0 Å². The van der Waals surface area contributed by atoms with Gasteiger partial charge in [-0.25, -0.2) is 0 Å². The summed E-state index contributed by atoms with van der Waals surface area (Å²) in [5.74, 6) is 0.0368. The van der Waals surface area contributed by atoms with Gasteiger partial charge >= 0.3 is 0 Å². The summed E-state index contributed by atoms with van der Waals surface area (Å²) in [6.45, 7) is 2.41. The van der Waals surface area contributed by atoms with Gasteiger partial charge in [-0.15, -0.1) is 0 Å². The van der Waals surface area contributed by atoms with Gasteiger partial charge in [-0.2, -0.15) is 5.26 Å². The average Bonchev–Trinajstić information content (AvgIpc) is 2.05. The van der Waals surface area contributed by atoms with E-state index in [1.807, 2.05) is 18.9 Å². The third-order valence-corrected chi connectivity index (χ3v) is 1.87. The van der Waals surface area contributed by atoms with Gasteiger partial charge in [-0.05, 0) is 14.0 Å². The van der Waals surface area contributed by atoms with Crippen molar-refractivity contribution in [1.82, 2.24) is 4.90 Å². The number of likely N-dealkylation sites (N-methyl/N-ethyl adjacent to an activating group) is 1. The van der Waals surface area contributed by atoms with Crippen molar-refractivity contribution >= 4 is 5.78 Å². The molecule has 0 radical (unpaired) electrons. The normalized spacial score (nSPS) is 12.5.